The van der Waals surface area contributed by atoms with Gasteiger partial charge in [-0.3, -0.25) is 4.79 Å². The number of ether oxygens (including phenoxy) is 1. The predicted octanol–water partition coefficient (Wildman–Crippen LogP) is 1.03. The SMILES string of the molecule is CC(C)C1NC(=O)C1NC(=O)OC(C)(C)C. The molecule has 16 heavy (non-hydrogen) atoms. The number of rotatable bonds is 2. The second-order valence-corrected chi connectivity index (χ2v) is 5.40. The zero-order valence-corrected chi connectivity index (χ0v) is 10.5. The third-order valence-electron chi connectivity index (χ3n) is 2.34. The number of carbonyl (C=O) groups is 2. The standard InChI is InChI=1S/C11H20N2O3/c1-6(2)7-8(9(14)12-7)13-10(15)16-11(3,4)5/h6-8H,1-5H3,(H,12,14)(H,13,15). The lowest BCUT2D eigenvalue weighted by molar-refractivity contribution is -0.132. The van der Waals surface area contributed by atoms with Gasteiger partial charge in [-0.2, -0.15) is 0 Å². The van der Waals surface area contributed by atoms with E-state index in [2.05, 4.69) is 10.6 Å². The van der Waals surface area contributed by atoms with Crippen LogP contribution in [-0.2, 0) is 9.53 Å². The highest BCUT2D eigenvalue weighted by Crippen LogP contribution is 2.16. The zero-order chi connectivity index (χ0) is 12.5. The summed E-state index contributed by atoms with van der Waals surface area (Å²) in [6.07, 6.45) is -0.544. The fourth-order valence-electron chi connectivity index (χ4n) is 1.55. The fourth-order valence-corrected chi connectivity index (χ4v) is 1.55. The van der Waals surface area contributed by atoms with Crippen LogP contribution in [0.25, 0.3) is 0 Å². The molecule has 0 aromatic heterocycles. The molecule has 1 rings (SSSR count). The first-order valence-electron chi connectivity index (χ1n) is 5.50. The van der Waals surface area contributed by atoms with Gasteiger partial charge >= 0.3 is 6.09 Å². The Bertz CT molecular complexity index is 294. The van der Waals surface area contributed by atoms with Crippen LogP contribution in [0.1, 0.15) is 34.6 Å². The molecule has 5 heteroatoms. The average Bonchev–Trinajstić information content (AvgIpc) is 2.07. The maximum absolute atomic E-state index is 11.5. The molecule has 1 heterocycles. The van der Waals surface area contributed by atoms with Crippen LogP contribution in [0.5, 0.6) is 0 Å². The number of alkyl carbamates (subject to hydrolysis) is 1. The van der Waals surface area contributed by atoms with Gasteiger partial charge in [-0.1, -0.05) is 13.8 Å². The summed E-state index contributed by atoms with van der Waals surface area (Å²) in [7, 11) is 0. The van der Waals surface area contributed by atoms with Crippen molar-refractivity contribution in [2.24, 2.45) is 5.92 Å². The number of β-lactam (4-membered cyclic amide) rings is 1. The van der Waals surface area contributed by atoms with E-state index in [9.17, 15) is 9.59 Å². The molecule has 2 amide bonds. The van der Waals surface area contributed by atoms with Crippen molar-refractivity contribution in [3.63, 3.8) is 0 Å². The molecule has 0 radical (unpaired) electrons. The Morgan fingerprint density at radius 1 is 1.44 bits per heavy atom. The molecule has 0 saturated carbocycles. The van der Waals surface area contributed by atoms with Crippen molar-refractivity contribution < 1.29 is 14.3 Å². The first kappa shape index (κ1) is 12.8. The number of amides is 2. The summed E-state index contributed by atoms with van der Waals surface area (Å²) in [5, 5.41) is 5.33. The molecule has 0 aromatic carbocycles. The van der Waals surface area contributed by atoms with Crippen LogP contribution in [0.2, 0.25) is 0 Å². The molecule has 1 saturated heterocycles. The van der Waals surface area contributed by atoms with Crippen LogP contribution in [0.3, 0.4) is 0 Å². The van der Waals surface area contributed by atoms with Crippen LogP contribution in [0, 0.1) is 5.92 Å². The van der Waals surface area contributed by atoms with Gasteiger partial charge < -0.3 is 15.4 Å². The van der Waals surface area contributed by atoms with Gasteiger partial charge in [0.25, 0.3) is 0 Å². The van der Waals surface area contributed by atoms with Gasteiger partial charge in [-0.05, 0) is 26.7 Å². The van der Waals surface area contributed by atoms with E-state index in [4.69, 9.17) is 4.74 Å². The summed E-state index contributed by atoms with van der Waals surface area (Å²) in [5.74, 6) is 0.141. The van der Waals surface area contributed by atoms with Gasteiger partial charge in [0.15, 0.2) is 0 Å². The quantitative estimate of drug-likeness (QED) is 0.694. The monoisotopic (exact) mass is 228 g/mol. The van der Waals surface area contributed by atoms with Crippen LogP contribution in [0.4, 0.5) is 4.79 Å². The van der Waals surface area contributed by atoms with Crippen molar-refractivity contribution in [3.05, 3.63) is 0 Å². The minimum atomic E-state index is -0.544. The summed E-state index contributed by atoms with van der Waals surface area (Å²) in [6.45, 7) is 9.34. The molecule has 5 nitrogen and oxygen atoms in total. The lowest BCUT2D eigenvalue weighted by atomic mass is 9.89. The lowest BCUT2D eigenvalue weighted by Crippen LogP contribution is -2.71. The summed E-state index contributed by atoms with van der Waals surface area (Å²) in [6, 6.07) is -0.463. The predicted molar refractivity (Wildman–Crippen MR) is 59.9 cm³/mol. The number of carbonyl (C=O) groups excluding carboxylic acids is 2. The van der Waals surface area contributed by atoms with E-state index in [1.54, 1.807) is 20.8 Å². The second-order valence-electron chi connectivity index (χ2n) is 5.40. The second kappa shape index (κ2) is 4.31. The Morgan fingerprint density at radius 2 is 2.00 bits per heavy atom. The molecule has 0 aromatic rings. The third-order valence-corrected chi connectivity index (χ3v) is 2.34. The van der Waals surface area contributed by atoms with Gasteiger partial charge in [0.05, 0.1) is 6.04 Å². The average molecular weight is 228 g/mol. The smallest absolute Gasteiger partial charge is 0.408 e. The molecule has 0 aliphatic carbocycles. The van der Waals surface area contributed by atoms with Crippen LogP contribution in [-0.4, -0.2) is 29.7 Å². The molecular weight excluding hydrogens is 208 g/mol. The Balaban J connectivity index is 2.47. The van der Waals surface area contributed by atoms with E-state index in [-0.39, 0.29) is 17.9 Å². The number of hydrogen-bond acceptors (Lipinski definition) is 3. The van der Waals surface area contributed by atoms with Crippen molar-refractivity contribution in [2.75, 3.05) is 0 Å². The van der Waals surface area contributed by atoms with E-state index in [0.717, 1.165) is 0 Å². The Morgan fingerprint density at radius 3 is 2.38 bits per heavy atom. The molecule has 2 atom stereocenters. The molecule has 1 aliphatic heterocycles. The third kappa shape index (κ3) is 3.12. The molecule has 92 valence electrons. The maximum Gasteiger partial charge on any atom is 0.408 e. The van der Waals surface area contributed by atoms with Crippen LogP contribution in [0.15, 0.2) is 0 Å². The van der Waals surface area contributed by atoms with E-state index in [1.807, 2.05) is 13.8 Å². The summed E-state index contributed by atoms with van der Waals surface area (Å²) >= 11 is 0. The highest BCUT2D eigenvalue weighted by molar-refractivity contribution is 5.92. The largest absolute Gasteiger partial charge is 0.444 e. The molecule has 2 N–H and O–H groups in total. The van der Waals surface area contributed by atoms with Gasteiger partial charge in [0.2, 0.25) is 5.91 Å². The topological polar surface area (TPSA) is 67.4 Å². The molecular formula is C11H20N2O3. The highest BCUT2D eigenvalue weighted by atomic mass is 16.6. The van der Waals surface area contributed by atoms with E-state index < -0.39 is 17.7 Å². The van der Waals surface area contributed by atoms with Crippen molar-refractivity contribution in [1.29, 1.82) is 0 Å². The van der Waals surface area contributed by atoms with Gasteiger partial charge in [0.1, 0.15) is 11.6 Å². The van der Waals surface area contributed by atoms with Crippen molar-refractivity contribution in [3.8, 4) is 0 Å². The van der Waals surface area contributed by atoms with E-state index in [0.29, 0.717) is 0 Å². The fraction of sp³-hybridized carbons (Fsp3) is 0.818. The van der Waals surface area contributed by atoms with Crippen molar-refractivity contribution in [1.82, 2.24) is 10.6 Å². The van der Waals surface area contributed by atoms with E-state index >= 15 is 0 Å². The maximum atomic E-state index is 11.5. The van der Waals surface area contributed by atoms with Gasteiger partial charge in [-0.25, -0.2) is 4.79 Å². The minimum absolute atomic E-state index is 0.0000170. The number of nitrogens with one attached hydrogen (secondary N) is 2. The first-order chi connectivity index (χ1) is 7.20. The molecule has 1 aliphatic rings. The summed E-state index contributed by atoms with van der Waals surface area (Å²) in [5.41, 5.74) is -0.544. The van der Waals surface area contributed by atoms with Gasteiger partial charge in [-0.15, -0.1) is 0 Å². The van der Waals surface area contributed by atoms with Crippen LogP contribution >= 0.6 is 0 Å². The highest BCUT2D eigenvalue weighted by Gasteiger charge is 2.42. The minimum Gasteiger partial charge on any atom is -0.444 e. The zero-order valence-electron chi connectivity index (χ0n) is 10.5. The molecule has 0 bridgehead atoms. The normalized spacial score (nSPS) is 24.8. The molecule has 0 spiro atoms. The van der Waals surface area contributed by atoms with Crippen molar-refractivity contribution in [2.45, 2.75) is 52.3 Å². The summed E-state index contributed by atoms with van der Waals surface area (Å²) < 4.78 is 5.09. The first-order valence-corrected chi connectivity index (χ1v) is 5.50. The number of hydrogen-bond donors (Lipinski definition) is 2. The van der Waals surface area contributed by atoms with Crippen LogP contribution < -0.4 is 10.6 Å². The lowest BCUT2D eigenvalue weighted by Gasteiger charge is -2.39. The Hall–Kier alpha value is -1.26. The summed E-state index contributed by atoms with van der Waals surface area (Å²) in [4.78, 5) is 22.7. The molecule has 1 fully saturated rings. The Labute approximate surface area is 95.9 Å². The van der Waals surface area contributed by atoms with Gasteiger partial charge in [0, 0.05) is 0 Å². The Kier molecular flexibility index (Phi) is 3.45. The van der Waals surface area contributed by atoms with E-state index in [1.165, 1.54) is 0 Å². The molecule has 2 unspecified atom stereocenters. The van der Waals surface area contributed by atoms with Crippen molar-refractivity contribution >= 4 is 12.0 Å².